The number of nitrogens with one attached hydrogen (secondary N) is 3. The van der Waals surface area contributed by atoms with Gasteiger partial charge in [-0.2, -0.15) is 0 Å². The third kappa shape index (κ3) is 5.42. The van der Waals surface area contributed by atoms with E-state index < -0.39 is 11.7 Å². The molecule has 5 N–H and O–H groups in total. The summed E-state index contributed by atoms with van der Waals surface area (Å²) in [7, 11) is 3.67. The minimum atomic E-state index is -0.825. The van der Waals surface area contributed by atoms with Gasteiger partial charge in [0.05, 0.1) is 14.2 Å². The van der Waals surface area contributed by atoms with Gasteiger partial charge in [0.15, 0.2) is 0 Å². The summed E-state index contributed by atoms with van der Waals surface area (Å²) in [5.41, 5.74) is 5.86. The molecular formula is C20H25BFN5O4. The van der Waals surface area contributed by atoms with Gasteiger partial charge in [-0.05, 0) is 0 Å². The molecule has 0 bridgehead atoms. The number of anilines is 3. The van der Waals surface area contributed by atoms with Crippen LogP contribution in [0.1, 0.15) is 36.0 Å². The summed E-state index contributed by atoms with van der Waals surface area (Å²) in [5, 5.41) is 8.84. The maximum absolute atomic E-state index is 14.7. The number of carbonyl (C=O) groups is 1. The van der Waals surface area contributed by atoms with Crippen molar-refractivity contribution in [3.8, 4) is 11.5 Å². The first kappa shape index (κ1) is 22.3. The predicted molar refractivity (Wildman–Crippen MR) is 115 cm³/mol. The molecule has 1 heterocycles. The van der Waals surface area contributed by atoms with Crippen molar-refractivity contribution in [2.45, 2.75) is 37.8 Å². The standard InChI is InChI=1S/C20H25BFN5O4/c1-30-12-7-11(8-13(9-12)31-2)24-19-14(18(23)28)10-15(22)20(26-19)25-16-5-3-4-6-17(16)27-21-29/h7-10,16-17,27H,3-6H2,1-2H3,(H2,23,28)(H2,24,25,26)/t16-,17+/m1/s1. The Hall–Kier alpha value is -3.37. The van der Waals surface area contributed by atoms with Crippen LogP contribution in [-0.4, -0.2) is 44.5 Å². The molecule has 1 aliphatic rings. The molecule has 2 atom stereocenters. The first-order valence-corrected chi connectivity index (χ1v) is 9.91. The Labute approximate surface area is 180 Å². The van der Waals surface area contributed by atoms with E-state index in [0.29, 0.717) is 24.5 Å². The number of aromatic nitrogens is 1. The number of carbonyl (C=O) groups excluding carboxylic acids is 1. The molecule has 1 fully saturated rings. The van der Waals surface area contributed by atoms with Crippen LogP contribution in [0.4, 0.5) is 21.7 Å². The number of ether oxygens (including phenoxy) is 2. The summed E-state index contributed by atoms with van der Waals surface area (Å²) in [4.78, 5) is 16.2. The predicted octanol–water partition coefficient (Wildman–Crippen LogP) is 2.36. The van der Waals surface area contributed by atoms with Crippen LogP contribution in [0.5, 0.6) is 11.5 Å². The van der Waals surface area contributed by atoms with E-state index in [0.717, 1.165) is 31.7 Å². The number of benzene rings is 1. The molecule has 31 heavy (non-hydrogen) atoms. The van der Waals surface area contributed by atoms with E-state index in [2.05, 4.69) is 20.8 Å². The zero-order valence-corrected chi connectivity index (χ0v) is 17.4. The second kappa shape index (κ2) is 10.1. The van der Waals surface area contributed by atoms with Crippen molar-refractivity contribution in [2.24, 2.45) is 5.73 Å². The van der Waals surface area contributed by atoms with Crippen LogP contribution in [0.2, 0.25) is 0 Å². The van der Waals surface area contributed by atoms with E-state index in [1.165, 1.54) is 14.2 Å². The number of primary amides is 1. The van der Waals surface area contributed by atoms with Gasteiger partial charge in [-0.1, -0.05) is 0 Å². The molecule has 164 valence electrons. The van der Waals surface area contributed by atoms with Crippen molar-refractivity contribution in [2.75, 3.05) is 24.9 Å². The minimum absolute atomic E-state index is 0.0352. The zero-order chi connectivity index (χ0) is 22.4. The van der Waals surface area contributed by atoms with E-state index >= 15 is 0 Å². The fourth-order valence-corrected chi connectivity index (χ4v) is 3.66. The average molecular weight is 429 g/mol. The summed E-state index contributed by atoms with van der Waals surface area (Å²) in [5.74, 6) is -0.443. The number of amides is 1. The van der Waals surface area contributed by atoms with E-state index in [1.54, 1.807) is 18.2 Å². The Kier molecular flexibility index (Phi) is 7.27. The second-order valence-corrected chi connectivity index (χ2v) is 7.23. The van der Waals surface area contributed by atoms with Crippen LogP contribution in [-0.2, 0) is 4.70 Å². The van der Waals surface area contributed by atoms with E-state index in [-0.39, 0.29) is 29.3 Å². The third-order valence-corrected chi connectivity index (χ3v) is 5.23. The fourth-order valence-electron chi connectivity index (χ4n) is 3.66. The molecule has 1 aromatic heterocycles. The van der Waals surface area contributed by atoms with Gasteiger partial charge in [-0.25, -0.2) is 0 Å². The summed E-state index contributed by atoms with van der Waals surface area (Å²) in [6.07, 6.45) is 3.46. The summed E-state index contributed by atoms with van der Waals surface area (Å²) in [6, 6.07) is 5.76. The topological polar surface area (TPSA) is 128 Å². The first-order valence-electron chi connectivity index (χ1n) is 9.91. The Morgan fingerprint density at radius 3 is 2.32 bits per heavy atom. The van der Waals surface area contributed by atoms with Gasteiger partial charge >= 0.3 is 165 Å². The molecule has 0 saturated heterocycles. The third-order valence-electron chi connectivity index (χ3n) is 5.23. The number of nitrogens with two attached hydrogens (primary N) is 1. The molecule has 2 aromatic rings. The number of hydrogen-bond acceptors (Lipinski definition) is 7. The average Bonchev–Trinajstić information content (AvgIpc) is 2.76. The summed E-state index contributed by atoms with van der Waals surface area (Å²) >= 11 is 0. The molecule has 1 saturated carbocycles. The van der Waals surface area contributed by atoms with Gasteiger partial charge in [0.2, 0.25) is 0 Å². The van der Waals surface area contributed by atoms with Crippen LogP contribution < -0.4 is 31.1 Å². The van der Waals surface area contributed by atoms with Crippen LogP contribution >= 0.6 is 0 Å². The second-order valence-electron chi connectivity index (χ2n) is 7.23. The number of nitrogens with zero attached hydrogens (tertiary/aromatic N) is 1. The van der Waals surface area contributed by atoms with Crippen molar-refractivity contribution in [1.29, 1.82) is 0 Å². The molecule has 11 heteroatoms. The molecule has 1 amide bonds. The number of rotatable bonds is 9. The molecule has 1 aliphatic carbocycles. The van der Waals surface area contributed by atoms with Crippen molar-refractivity contribution in [1.82, 2.24) is 10.2 Å². The van der Waals surface area contributed by atoms with E-state index in [9.17, 15) is 13.9 Å². The molecule has 0 spiro atoms. The Morgan fingerprint density at radius 1 is 1.10 bits per heavy atom. The van der Waals surface area contributed by atoms with Crippen molar-refractivity contribution >= 4 is 30.5 Å². The molecular weight excluding hydrogens is 404 g/mol. The summed E-state index contributed by atoms with van der Waals surface area (Å²) < 4.78 is 36.2. The quantitative estimate of drug-likeness (QED) is 0.448. The van der Waals surface area contributed by atoms with Crippen molar-refractivity contribution in [3.63, 3.8) is 0 Å². The summed E-state index contributed by atoms with van der Waals surface area (Å²) in [6.45, 7) is 0. The van der Waals surface area contributed by atoms with Gasteiger partial charge in [-0.15, -0.1) is 0 Å². The first-order chi connectivity index (χ1) is 14.9. The number of pyridine rings is 1. The van der Waals surface area contributed by atoms with Crippen LogP contribution in [0.15, 0.2) is 24.3 Å². The van der Waals surface area contributed by atoms with E-state index in [4.69, 9.17) is 15.2 Å². The normalized spacial score (nSPS) is 17.9. The number of hydrogen-bond donors (Lipinski definition) is 4. The van der Waals surface area contributed by atoms with Crippen LogP contribution in [0.3, 0.4) is 0 Å². The van der Waals surface area contributed by atoms with Crippen LogP contribution in [0, 0.1) is 5.82 Å². The molecule has 0 unspecified atom stereocenters. The van der Waals surface area contributed by atoms with Gasteiger partial charge in [0.1, 0.15) is 0 Å². The zero-order valence-electron chi connectivity index (χ0n) is 17.4. The smallest absolute Gasteiger partial charge is 0.0775 e. The number of halogens is 1. The molecule has 0 radical (unpaired) electrons. The Morgan fingerprint density at radius 2 is 1.74 bits per heavy atom. The molecule has 3 rings (SSSR count). The number of methoxy groups -OCH3 is 2. The fraction of sp³-hybridized carbons (Fsp3) is 0.400. The minimum Gasteiger partial charge on any atom is 0.0775 e. The van der Waals surface area contributed by atoms with Gasteiger partial charge < -0.3 is 0 Å². The Bertz CT molecular complexity index is 939. The van der Waals surface area contributed by atoms with Gasteiger partial charge in [-0.3, -0.25) is 0 Å². The van der Waals surface area contributed by atoms with Gasteiger partial charge in [0.25, 0.3) is 0 Å². The Balaban J connectivity index is 1.94. The molecule has 1 aromatic carbocycles. The SMILES string of the molecule is COc1cc(Nc2nc(N[C@@H]3CCCC[C@@H]3NB=O)c(F)cc2C(N)=O)cc(OC)c1. The molecule has 9 nitrogen and oxygen atoms in total. The van der Waals surface area contributed by atoms with Crippen LogP contribution in [0.25, 0.3) is 0 Å². The van der Waals surface area contributed by atoms with Crippen molar-refractivity contribution < 1.29 is 23.4 Å². The molecule has 0 aliphatic heterocycles. The van der Waals surface area contributed by atoms with Gasteiger partial charge in [0, 0.05) is 0 Å². The van der Waals surface area contributed by atoms with E-state index in [1.807, 2.05) is 0 Å². The van der Waals surface area contributed by atoms with Crippen molar-refractivity contribution in [3.05, 3.63) is 35.6 Å². The maximum atomic E-state index is 14.7. The monoisotopic (exact) mass is 429 g/mol.